The van der Waals surface area contributed by atoms with Gasteiger partial charge in [0, 0.05) is 31.3 Å². The summed E-state index contributed by atoms with van der Waals surface area (Å²) < 4.78 is 0. The Morgan fingerprint density at radius 2 is 1.87 bits per heavy atom. The smallest absolute Gasteiger partial charge is 0.161 e. The molecule has 2 heterocycles. The van der Waals surface area contributed by atoms with Crippen molar-refractivity contribution in [1.82, 2.24) is 9.97 Å². The molecular formula is C19H23N3O. The zero-order valence-corrected chi connectivity index (χ0v) is 14.0. The lowest BCUT2D eigenvalue weighted by Crippen LogP contribution is -2.51. The Bertz CT molecular complexity index is 685. The highest BCUT2D eigenvalue weighted by atomic mass is 16.1. The van der Waals surface area contributed by atoms with Crippen LogP contribution >= 0.6 is 0 Å². The van der Waals surface area contributed by atoms with E-state index in [0.29, 0.717) is 12.2 Å². The number of hydrogen-bond donors (Lipinski definition) is 0. The van der Waals surface area contributed by atoms with Crippen molar-refractivity contribution in [3.8, 4) is 11.4 Å². The molecule has 1 aromatic carbocycles. The number of anilines is 1. The van der Waals surface area contributed by atoms with Crippen LogP contribution in [0.1, 0.15) is 27.2 Å². The van der Waals surface area contributed by atoms with Gasteiger partial charge in [-0.2, -0.15) is 0 Å². The summed E-state index contributed by atoms with van der Waals surface area (Å²) in [4.78, 5) is 23.4. The molecule has 4 heteroatoms. The van der Waals surface area contributed by atoms with E-state index in [4.69, 9.17) is 0 Å². The molecule has 1 aromatic heterocycles. The molecule has 120 valence electrons. The summed E-state index contributed by atoms with van der Waals surface area (Å²) in [5, 5.41) is 0. The molecule has 0 bridgehead atoms. The molecule has 4 nitrogen and oxygen atoms in total. The standard InChI is InChI=1S/C19H23N3O/c1-19(2,3)11-16(23)15-12-22(13-15)17-9-10-20-18(21-17)14-7-5-4-6-8-14/h4-10,15H,11-13H2,1-3H3. The number of Topliss-reactive ketones (excluding diaryl/α,β-unsaturated/α-hetero) is 1. The van der Waals surface area contributed by atoms with Crippen LogP contribution in [0.15, 0.2) is 42.6 Å². The summed E-state index contributed by atoms with van der Waals surface area (Å²) in [5.74, 6) is 2.14. The third-order valence-corrected chi connectivity index (χ3v) is 4.04. The number of rotatable bonds is 4. The van der Waals surface area contributed by atoms with Crippen LogP contribution < -0.4 is 4.90 Å². The van der Waals surface area contributed by atoms with E-state index < -0.39 is 0 Å². The fraction of sp³-hybridized carbons (Fsp3) is 0.421. The Balaban J connectivity index is 1.65. The van der Waals surface area contributed by atoms with Crippen molar-refractivity contribution in [2.45, 2.75) is 27.2 Å². The zero-order chi connectivity index (χ0) is 16.4. The Labute approximate surface area is 137 Å². The summed E-state index contributed by atoms with van der Waals surface area (Å²) in [6.45, 7) is 7.86. The molecule has 0 radical (unpaired) electrons. The van der Waals surface area contributed by atoms with Crippen LogP contribution in [0.3, 0.4) is 0 Å². The zero-order valence-electron chi connectivity index (χ0n) is 14.0. The number of hydrogen-bond acceptors (Lipinski definition) is 4. The summed E-state index contributed by atoms with van der Waals surface area (Å²) in [7, 11) is 0. The Hall–Kier alpha value is -2.23. The van der Waals surface area contributed by atoms with Crippen molar-refractivity contribution in [2.75, 3.05) is 18.0 Å². The Morgan fingerprint density at radius 1 is 1.17 bits per heavy atom. The van der Waals surface area contributed by atoms with Gasteiger partial charge in [-0.3, -0.25) is 4.79 Å². The van der Waals surface area contributed by atoms with Gasteiger partial charge in [0.05, 0.1) is 5.92 Å². The molecule has 1 aliphatic rings. The van der Waals surface area contributed by atoms with Gasteiger partial charge < -0.3 is 4.90 Å². The normalized spacial score (nSPS) is 15.3. The van der Waals surface area contributed by atoms with E-state index in [0.717, 1.165) is 30.3 Å². The Morgan fingerprint density at radius 3 is 2.52 bits per heavy atom. The SMILES string of the molecule is CC(C)(C)CC(=O)C1CN(c2ccnc(-c3ccccc3)n2)C1. The van der Waals surface area contributed by atoms with Crippen molar-refractivity contribution in [2.24, 2.45) is 11.3 Å². The molecule has 1 saturated heterocycles. The second kappa shape index (κ2) is 6.11. The van der Waals surface area contributed by atoms with Gasteiger partial charge in [0.2, 0.25) is 0 Å². The maximum atomic E-state index is 12.2. The minimum atomic E-state index is 0.0624. The van der Waals surface area contributed by atoms with Gasteiger partial charge in [-0.15, -0.1) is 0 Å². The van der Waals surface area contributed by atoms with E-state index >= 15 is 0 Å². The fourth-order valence-corrected chi connectivity index (χ4v) is 2.79. The predicted octanol–water partition coefficient (Wildman–Crippen LogP) is 3.59. The van der Waals surface area contributed by atoms with Gasteiger partial charge in [0.25, 0.3) is 0 Å². The summed E-state index contributed by atoms with van der Waals surface area (Å²) in [5.41, 5.74) is 1.07. The molecule has 0 amide bonds. The van der Waals surface area contributed by atoms with E-state index in [1.165, 1.54) is 0 Å². The molecular weight excluding hydrogens is 286 g/mol. The van der Waals surface area contributed by atoms with Gasteiger partial charge in [-0.05, 0) is 11.5 Å². The molecule has 0 N–H and O–H groups in total. The third-order valence-electron chi connectivity index (χ3n) is 4.04. The maximum Gasteiger partial charge on any atom is 0.161 e. The molecule has 0 unspecified atom stereocenters. The first-order chi connectivity index (χ1) is 10.9. The average molecular weight is 309 g/mol. The lowest BCUT2D eigenvalue weighted by Gasteiger charge is -2.40. The summed E-state index contributed by atoms with van der Waals surface area (Å²) in [6, 6.07) is 11.9. The van der Waals surface area contributed by atoms with Crippen molar-refractivity contribution >= 4 is 11.6 Å². The molecule has 3 rings (SSSR count). The van der Waals surface area contributed by atoms with Crippen LogP contribution in [0.2, 0.25) is 0 Å². The van der Waals surface area contributed by atoms with Crippen molar-refractivity contribution in [3.05, 3.63) is 42.6 Å². The first kappa shape index (κ1) is 15.7. The minimum Gasteiger partial charge on any atom is -0.355 e. The second-order valence-electron chi connectivity index (χ2n) is 7.41. The van der Waals surface area contributed by atoms with Crippen LogP contribution in [0.5, 0.6) is 0 Å². The lowest BCUT2D eigenvalue weighted by molar-refractivity contribution is -0.125. The Kier molecular flexibility index (Phi) is 4.16. The number of aromatic nitrogens is 2. The molecule has 0 atom stereocenters. The number of nitrogens with zero attached hydrogens (tertiary/aromatic N) is 3. The molecule has 0 aliphatic carbocycles. The number of benzene rings is 1. The van der Waals surface area contributed by atoms with E-state index in [2.05, 4.69) is 35.6 Å². The predicted molar refractivity (Wildman–Crippen MR) is 92.3 cm³/mol. The third kappa shape index (κ3) is 3.76. The molecule has 2 aromatic rings. The van der Waals surface area contributed by atoms with Crippen LogP contribution in [0.4, 0.5) is 5.82 Å². The lowest BCUT2D eigenvalue weighted by atomic mass is 9.83. The summed E-state index contributed by atoms with van der Waals surface area (Å²) >= 11 is 0. The van der Waals surface area contributed by atoms with Crippen LogP contribution in [0, 0.1) is 11.3 Å². The van der Waals surface area contributed by atoms with Crippen molar-refractivity contribution in [3.63, 3.8) is 0 Å². The number of ketones is 1. The first-order valence-corrected chi connectivity index (χ1v) is 8.08. The largest absolute Gasteiger partial charge is 0.355 e. The van der Waals surface area contributed by atoms with E-state index in [9.17, 15) is 4.79 Å². The van der Waals surface area contributed by atoms with Crippen LogP contribution in [0.25, 0.3) is 11.4 Å². The minimum absolute atomic E-state index is 0.0624. The first-order valence-electron chi connectivity index (χ1n) is 8.08. The van der Waals surface area contributed by atoms with Gasteiger partial charge >= 0.3 is 0 Å². The van der Waals surface area contributed by atoms with Crippen LogP contribution in [-0.2, 0) is 4.79 Å². The average Bonchev–Trinajstić information content (AvgIpc) is 2.45. The van der Waals surface area contributed by atoms with Gasteiger partial charge in [0.15, 0.2) is 5.82 Å². The monoisotopic (exact) mass is 309 g/mol. The quantitative estimate of drug-likeness (QED) is 0.866. The van der Waals surface area contributed by atoms with Gasteiger partial charge in [-0.25, -0.2) is 9.97 Å². The molecule has 0 spiro atoms. The van der Waals surface area contributed by atoms with Crippen molar-refractivity contribution < 1.29 is 4.79 Å². The topological polar surface area (TPSA) is 46.1 Å². The molecule has 0 saturated carbocycles. The van der Waals surface area contributed by atoms with E-state index in [1.807, 2.05) is 36.4 Å². The highest BCUT2D eigenvalue weighted by Crippen LogP contribution is 2.29. The summed E-state index contributed by atoms with van der Waals surface area (Å²) in [6.07, 6.45) is 2.43. The van der Waals surface area contributed by atoms with Gasteiger partial charge in [-0.1, -0.05) is 51.1 Å². The molecule has 23 heavy (non-hydrogen) atoms. The molecule has 1 aliphatic heterocycles. The number of carbonyl (C=O) groups is 1. The van der Waals surface area contributed by atoms with Gasteiger partial charge in [0.1, 0.15) is 11.6 Å². The highest BCUT2D eigenvalue weighted by Gasteiger charge is 2.34. The maximum absolute atomic E-state index is 12.2. The second-order valence-corrected chi connectivity index (χ2v) is 7.41. The van der Waals surface area contributed by atoms with Crippen molar-refractivity contribution in [1.29, 1.82) is 0 Å². The molecule has 1 fully saturated rings. The number of carbonyl (C=O) groups excluding carboxylic acids is 1. The van der Waals surface area contributed by atoms with E-state index in [-0.39, 0.29) is 11.3 Å². The highest BCUT2D eigenvalue weighted by molar-refractivity contribution is 5.84. The fourth-order valence-electron chi connectivity index (χ4n) is 2.79. The van der Waals surface area contributed by atoms with Crippen LogP contribution in [-0.4, -0.2) is 28.8 Å². The van der Waals surface area contributed by atoms with E-state index in [1.54, 1.807) is 6.20 Å².